The second-order valence-corrected chi connectivity index (χ2v) is 6.63. The quantitative estimate of drug-likeness (QED) is 0.441. The number of rotatable bonds is 0. The van der Waals surface area contributed by atoms with Gasteiger partial charge in [0.2, 0.25) is 0 Å². The first-order valence-corrected chi connectivity index (χ1v) is 6.34. The average molecular weight is 206 g/mol. The lowest BCUT2D eigenvalue weighted by Gasteiger charge is -2.38. The van der Waals surface area contributed by atoms with E-state index in [-0.39, 0.29) is 6.42 Å². The predicted molar refractivity (Wildman–Crippen MR) is 46.0 cm³/mol. The van der Waals surface area contributed by atoms with Gasteiger partial charge in [-0.3, -0.25) is 0 Å². The van der Waals surface area contributed by atoms with Crippen LogP contribution in [0.3, 0.4) is 0 Å². The normalized spacial score (nSPS) is 28.3. The minimum Gasteiger partial charge on any atom is -0.333 e. The van der Waals surface area contributed by atoms with Crippen LogP contribution in [0.25, 0.3) is 0 Å². The first-order valence-electron chi connectivity index (χ1n) is 3.29. The maximum atomic E-state index is 10.9. The molecule has 0 amide bonds. The third-order valence-corrected chi connectivity index (χ3v) is 5.43. The van der Waals surface area contributed by atoms with Gasteiger partial charge < -0.3 is 8.37 Å². The monoisotopic (exact) mass is 206 g/mol. The molecule has 1 fully saturated rings. The fourth-order valence-corrected chi connectivity index (χ4v) is 4.62. The molecule has 4 nitrogen and oxygen atoms in total. The van der Waals surface area contributed by atoms with E-state index in [1.54, 1.807) is 5.41 Å². The van der Waals surface area contributed by atoms with E-state index in [1.165, 1.54) is 10.8 Å². The lowest BCUT2D eigenvalue weighted by Crippen LogP contribution is -2.24. The Balaban J connectivity index is 2.16. The molecule has 6 heteroatoms. The molecule has 1 saturated heterocycles. The molecule has 0 unspecified atom stereocenters. The summed E-state index contributed by atoms with van der Waals surface area (Å²) in [6.07, 6.45) is 1.58. The Hall–Kier alpha value is -0.620. The summed E-state index contributed by atoms with van der Waals surface area (Å²) in [5.41, 5.74) is 0. The van der Waals surface area contributed by atoms with Gasteiger partial charge in [-0.25, -0.2) is 9.59 Å². The van der Waals surface area contributed by atoms with E-state index in [0.717, 1.165) is 0 Å². The fourth-order valence-electron chi connectivity index (χ4n) is 0.905. The molecular weight excluding hydrogens is 200 g/mol. The SMILES string of the molecule is O=C1CC(=O)OS2(CC=CS2)O1. The zero-order valence-electron chi connectivity index (χ0n) is 6.02. The molecule has 1 spiro atoms. The average Bonchev–Trinajstić information content (AvgIpc) is 2.33. The van der Waals surface area contributed by atoms with Crippen LogP contribution in [0.2, 0.25) is 0 Å². The van der Waals surface area contributed by atoms with Crippen molar-refractivity contribution >= 4 is 32.4 Å². The number of carbonyl (C=O) groups is 2. The van der Waals surface area contributed by atoms with Crippen molar-refractivity contribution in [2.75, 3.05) is 5.75 Å². The highest BCUT2D eigenvalue weighted by molar-refractivity contribution is 8.91. The van der Waals surface area contributed by atoms with Crippen molar-refractivity contribution < 1.29 is 18.0 Å². The van der Waals surface area contributed by atoms with Crippen molar-refractivity contribution in [3.8, 4) is 0 Å². The molecule has 0 atom stereocenters. The summed E-state index contributed by atoms with van der Waals surface area (Å²) in [5.74, 6) is -0.426. The van der Waals surface area contributed by atoms with E-state index in [4.69, 9.17) is 8.37 Å². The van der Waals surface area contributed by atoms with E-state index in [1.807, 2.05) is 6.08 Å². The van der Waals surface area contributed by atoms with Crippen molar-refractivity contribution in [1.29, 1.82) is 0 Å². The maximum absolute atomic E-state index is 10.9. The van der Waals surface area contributed by atoms with Gasteiger partial charge in [0, 0.05) is 10.8 Å². The van der Waals surface area contributed by atoms with Crippen molar-refractivity contribution in [2.24, 2.45) is 0 Å². The molecule has 66 valence electrons. The van der Waals surface area contributed by atoms with Crippen LogP contribution in [-0.4, -0.2) is 17.7 Å². The summed E-state index contributed by atoms with van der Waals surface area (Å²) in [4.78, 5) is 21.8. The van der Waals surface area contributed by atoms with Crippen LogP contribution in [0.4, 0.5) is 0 Å². The largest absolute Gasteiger partial charge is 0.341 e. The minimum absolute atomic E-state index is 0.255. The first-order chi connectivity index (χ1) is 5.70. The van der Waals surface area contributed by atoms with Crippen LogP contribution in [0.5, 0.6) is 0 Å². The van der Waals surface area contributed by atoms with Gasteiger partial charge in [-0.15, -0.1) is 0 Å². The lowest BCUT2D eigenvalue weighted by atomic mass is 10.5. The molecule has 0 aromatic carbocycles. The Kier molecular flexibility index (Phi) is 1.80. The standard InChI is InChI=1S/C6H6O4S2/c7-5-4-6(8)10-12(9-5)3-1-2-11-12/h1-2H,3-4H2. The Bertz CT molecular complexity index is 247. The molecule has 0 bridgehead atoms. The topological polar surface area (TPSA) is 52.6 Å². The van der Waals surface area contributed by atoms with Crippen LogP contribution in [0, 0.1) is 0 Å². The highest BCUT2D eigenvalue weighted by Crippen LogP contribution is 2.67. The Morgan fingerprint density at radius 2 is 2.00 bits per heavy atom. The van der Waals surface area contributed by atoms with Crippen molar-refractivity contribution in [2.45, 2.75) is 6.42 Å². The van der Waals surface area contributed by atoms with E-state index in [9.17, 15) is 9.59 Å². The van der Waals surface area contributed by atoms with E-state index in [2.05, 4.69) is 0 Å². The molecule has 0 aliphatic carbocycles. The number of hydrogen-bond donors (Lipinski definition) is 0. The van der Waals surface area contributed by atoms with Gasteiger partial charge in [-0.05, 0) is 5.41 Å². The molecule has 2 aliphatic heterocycles. The molecule has 2 rings (SSSR count). The molecule has 0 N–H and O–H groups in total. The second kappa shape index (κ2) is 2.70. The molecule has 0 aromatic heterocycles. The predicted octanol–water partition coefficient (Wildman–Crippen LogP) is 1.29. The van der Waals surface area contributed by atoms with Gasteiger partial charge in [0.15, 0.2) is 0 Å². The lowest BCUT2D eigenvalue weighted by molar-refractivity contribution is -0.147. The van der Waals surface area contributed by atoms with E-state index < -0.39 is 21.6 Å². The summed E-state index contributed by atoms with van der Waals surface area (Å²) in [5, 5.41) is 1.79. The van der Waals surface area contributed by atoms with Gasteiger partial charge in [0.25, 0.3) is 0 Å². The zero-order chi connectivity index (χ0) is 8.60. The number of hydrogen-bond acceptors (Lipinski definition) is 5. The highest BCUT2D eigenvalue weighted by Gasteiger charge is 2.37. The Labute approximate surface area is 74.4 Å². The summed E-state index contributed by atoms with van der Waals surface area (Å²) < 4.78 is 10.0. The van der Waals surface area contributed by atoms with Gasteiger partial charge in [-0.1, -0.05) is 15.7 Å². The molecular formula is C6H6O4S2. The van der Waals surface area contributed by atoms with Gasteiger partial charge in [0.1, 0.15) is 6.42 Å². The molecule has 12 heavy (non-hydrogen) atoms. The summed E-state index contributed by atoms with van der Waals surface area (Å²) in [6, 6.07) is 0. The van der Waals surface area contributed by atoms with E-state index >= 15 is 0 Å². The van der Waals surface area contributed by atoms with Gasteiger partial charge in [0.05, 0.1) is 5.75 Å². The summed E-state index contributed by atoms with van der Waals surface area (Å²) >= 11 is 0. The number of carbonyl (C=O) groups excluding carboxylic acids is 2. The van der Waals surface area contributed by atoms with Gasteiger partial charge >= 0.3 is 11.9 Å². The van der Waals surface area contributed by atoms with Gasteiger partial charge in [-0.2, -0.15) is 0 Å². The molecule has 2 aliphatic rings. The van der Waals surface area contributed by atoms with Crippen molar-refractivity contribution in [3.05, 3.63) is 11.5 Å². The summed E-state index contributed by atoms with van der Waals surface area (Å²) in [6.45, 7) is 0. The third kappa shape index (κ3) is 1.32. The zero-order valence-corrected chi connectivity index (χ0v) is 7.65. The summed E-state index contributed by atoms with van der Waals surface area (Å²) in [7, 11) is -0.664. The van der Waals surface area contributed by atoms with E-state index in [0.29, 0.717) is 5.75 Å². The van der Waals surface area contributed by atoms with Crippen molar-refractivity contribution in [1.82, 2.24) is 0 Å². The molecule has 2 heterocycles. The van der Waals surface area contributed by atoms with Crippen LogP contribution < -0.4 is 0 Å². The molecule has 0 radical (unpaired) electrons. The van der Waals surface area contributed by atoms with Crippen LogP contribution >= 0.6 is 20.4 Å². The molecule has 0 aromatic rings. The Morgan fingerprint density at radius 1 is 1.33 bits per heavy atom. The highest BCUT2D eigenvalue weighted by atomic mass is 33.2. The second-order valence-electron chi connectivity index (χ2n) is 2.28. The first kappa shape index (κ1) is 8.00. The van der Waals surface area contributed by atoms with Crippen LogP contribution in [0.15, 0.2) is 11.5 Å². The fraction of sp³-hybridized carbons (Fsp3) is 0.333. The smallest absolute Gasteiger partial charge is 0.333 e. The third-order valence-electron chi connectivity index (χ3n) is 1.33. The van der Waals surface area contributed by atoms with Crippen molar-refractivity contribution in [3.63, 3.8) is 0 Å². The molecule has 0 saturated carbocycles. The van der Waals surface area contributed by atoms with Crippen LogP contribution in [0.1, 0.15) is 6.42 Å². The Morgan fingerprint density at radius 3 is 2.50 bits per heavy atom. The maximum Gasteiger partial charge on any atom is 0.341 e. The minimum atomic E-state index is -1.95. The van der Waals surface area contributed by atoms with Crippen LogP contribution in [-0.2, 0) is 18.0 Å².